The third-order valence-corrected chi connectivity index (χ3v) is 2.66. The lowest BCUT2D eigenvalue weighted by molar-refractivity contribution is -0.138. The van der Waals surface area contributed by atoms with E-state index in [1.165, 1.54) is 14.1 Å². The number of hydrogen-bond acceptors (Lipinski definition) is 4. The lowest BCUT2D eigenvalue weighted by atomic mass is 10.0. The van der Waals surface area contributed by atoms with Gasteiger partial charge in [0.15, 0.2) is 0 Å². The fraction of sp³-hybridized carbons (Fsp3) is 0.385. The van der Waals surface area contributed by atoms with E-state index in [1.54, 1.807) is 0 Å². The minimum atomic E-state index is -4.78. The van der Waals surface area contributed by atoms with Gasteiger partial charge in [-0.25, -0.2) is 4.79 Å². The van der Waals surface area contributed by atoms with Gasteiger partial charge in [0.05, 0.1) is 30.9 Å². The van der Waals surface area contributed by atoms with Crippen LogP contribution in [0, 0.1) is 0 Å². The zero-order chi connectivity index (χ0) is 16.4. The zero-order valence-electron chi connectivity index (χ0n) is 11.9. The third-order valence-electron chi connectivity index (χ3n) is 2.66. The number of methoxy groups -OCH3 is 2. The fourth-order valence-corrected chi connectivity index (χ4v) is 1.69. The summed E-state index contributed by atoms with van der Waals surface area (Å²) >= 11 is 0. The van der Waals surface area contributed by atoms with Crippen LogP contribution in [0.1, 0.15) is 26.3 Å². The van der Waals surface area contributed by atoms with Crippen molar-refractivity contribution in [3.05, 3.63) is 28.8 Å². The Morgan fingerprint density at radius 1 is 1.14 bits per heavy atom. The molecule has 0 aliphatic rings. The summed E-state index contributed by atoms with van der Waals surface area (Å²) in [6.45, 7) is 0. The van der Waals surface area contributed by atoms with E-state index >= 15 is 0 Å². The molecular weight excluding hydrogens is 291 g/mol. The van der Waals surface area contributed by atoms with Crippen LogP contribution < -0.4 is 4.74 Å². The van der Waals surface area contributed by atoms with Gasteiger partial charge < -0.3 is 14.4 Å². The van der Waals surface area contributed by atoms with E-state index in [0.29, 0.717) is 6.07 Å². The second-order valence-corrected chi connectivity index (χ2v) is 4.29. The number of hydrogen-bond donors (Lipinski definition) is 0. The van der Waals surface area contributed by atoms with Crippen molar-refractivity contribution < 1.29 is 32.2 Å². The standard InChI is InChI=1S/C13H14F3NO4/c1-17(2)11(18)8-5-7(12(19)21-4)6-9(10(8)20-3)13(14,15)16/h5-6H,1-4H3. The highest BCUT2D eigenvalue weighted by Gasteiger charge is 2.38. The van der Waals surface area contributed by atoms with Gasteiger partial charge in [-0.2, -0.15) is 13.2 Å². The summed E-state index contributed by atoms with van der Waals surface area (Å²) in [5.41, 5.74) is -1.95. The first-order valence-corrected chi connectivity index (χ1v) is 5.72. The minimum absolute atomic E-state index is 0.363. The lowest BCUT2D eigenvalue weighted by Crippen LogP contribution is -2.24. The number of ether oxygens (including phenoxy) is 2. The molecule has 0 atom stereocenters. The molecule has 0 radical (unpaired) electrons. The van der Waals surface area contributed by atoms with Crippen molar-refractivity contribution in [2.24, 2.45) is 0 Å². The molecule has 0 spiro atoms. The molecule has 21 heavy (non-hydrogen) atoms. The molecule has 0 N–H and O–H groups in total. The SMILES string of the molecule is COC(=O)c1cc(C(=O)N(C)C)c(OC)c(C(F)(F)F)c1. The maximum atomic E-state index is 13.1. The van der Waals surface area contributed by atoms with Gasteiger partial charge in [-0.3, -0.25) is 4.79 Å². The number of carbonyl (C=O) groups excluding carboxylic acids is 2. The first kappa shape index (κ1) is 16.8. The van der Waals surface area contributed by atoms with Crippen LogP contribution in [0.2, 0.25) is 0 Å². The number of carbonyl (C=O) groups is 2. The van der Waals surface area contributed by atoms with E-state index in [4.69, 9.17) is 4.74 Å². The second kappa shape index (κ2) is 6.02. The molecule has 8 heteroatoms. The van der Waals surface area contributed by atoms with Crippen molar-refractivity contribution in [2.45, 2.75) is 6.18 Å². The number of benzene rings is 1. The van der Waals surface area contributed by atoms with Crippen LogP contribution in [0.5, 0.6) is 5.75 Å². The van der Waals surface area contributed by atoms with Crippen LogP contribution in [0.4, 0.5) is 13.2 Å². The second-order valence-electron chi connectivity index (χ2n) is 4.29. The Balaban J connectivity index is 3.68. The number of rotatable bonds is 3. The molecular formula is C13H14F3NO4. The van der Waals surface area contributed by atoms with Gasteiger partial charge in [-0.15, -0.1) is 0 Å². The molecule has 0 bridgehead atoms. The number of halogens is 3. The molecule has 116 valence electrons. The van der Waals surface area contributed by atoms with Crippen LogP contribution >= 0.6 is 0 Å². The van der Waals surface area contributed by atoms with Gasteiger partial charge in [0.1, 0.15) is 5.75 Å². The Bertz CT molecular complexity index is 567. The van der Waals surface area contributed by atoms with Crippen molar-refractivity contribution in [2.75, 3.05) is 28.3 Å². The summed E-state index contributed by atoms with van der Waals surface area (Å²) in [6.07, 6.45) is -4.78. The first-order chi connectivity index (χ1) is 9.63. The molecule has 1 amide bonds. The van der Waals surface area contributed by atoms with Crippen LogP contribution in [0.3, 0.4) is 0 Å². The summed E-state index contributed by atoms with van der Waals surface area (Å²) in [5.74, 6) is -2.33. The topological polar surface area (TPSA) is 55.8 Å². The molecule has 1 aromatic carbocycles. The lowest BCUT2D eigenvalue weighted by Gasteiger charge is -2.19. The van der Waals surface area contributed by atoms with Gasteiger partial charge >= 0.3 is 12.1 Å². The molecule has 1 rings (SSSR count). The summed E-state index contributed by atoms with van der Waals surface area (Å²) in [5, 5.41) is 0. The van der Waals surface area contributed by atoms with Crippen molar-refractivity contribution in [1.29, 1.82) is 0 Å². The number of amides is 1. The molecule has 0 heterocycles. The van der Waals surface area contributed by atoms with Crippen LogP contribution in [-0.2, 0) is 10.9 Å². The Morgan fingerprint density at radius 3 is 2.10 bits per heavy atom. The molecule has 0 unspecified atom stereocenters. The summed E-state index contributed by atoms with van der Waals surface area (Å²) in [7, 11) is 4.81. The molecule has 0 saturated heterocycles. The van der Waals surface area contributed by atoms with Crippen LogP contribution in [0.15, 0.2) is 12.1 Å². The van der Waals surface area contributed by atoms with Gasteiger partial charge in [-0.05, 0) is 12.1 Å². The average molecular weight is 305 g/mol. The molecule has 0 fully saturated rings. The van der Waals surface area contributed by atoms with Crippen molar-refractivity contribution >= 4 is 11.9 Å². The van der Waals surface area contributed by atoms with Gasteiger partial charge in [0, 0.05) is 14.1 Å². The van der Waals surface area contributed by atoms with E-state index in [9.17, 15) is 22.8 Å². The summed E-state index contributed by atoms with van der Waals surface area (Å²) in [4.78, 5) is 24.6. The van der Waals surface area contributed by atoms with Gasteiger partial charge in [0.2, 0.25) is 0 Å². The smallest absolute Gasteiger partial charge is 0.420 e. The number of alkyl halides is 3. The van der Waals surface area contributed by atoms with E-state index in [0.717, 1.165) is 25.2 Å². The number of nitrogens with zero attached hydrogens (tertiary/aromatic N) is 1. The quantitative estimate of drug-likeness (QED) is 0.803. The first-order valence-electron chi connectivity index (χ1n) is 5.72. The van der Waals surface area contributed by atoms with E-state index in [1.807, 2.05) is 0 Å². The summed E-state index contributed by atoms with van der Waals surface area (Å²) < 4.78 is 48.3. The van der Waals surface area contributed by atoms with Crippen molar-refractivity contribution in [3.8, 4) is 5.75 Å². The average Bonchev–Trinajstić information content (AvgIpc) is 2.42. The number of esters is 1. The Kier molecular flexibility index (Phi) is 4.82. The third kappa shape index (κ3) is 3.45. The Hall–Kier alpha value is -2.25. The highest BCUT2D eigenvalue weighted by atomic mass is 19.4. The molecule has 0 aliphatic heterocycles. The largest absolute Gasteiger partial charge is 0.495 e. The highest BCUT2D eigenvalue weighted by Crippen LogP contribution is 2.39. The van der Waals surface area contributed by atoms with E-state index < -0.39 is 29.4 Å². The maximum absolute atomic E-state index is 13.1. The Morgan fingerprint density at radius 2 is 1.71 bits per heavy atom. The highest BCUT2D eigenvalue weighted by molar-refractivity contribution is 6.00. The van der Waals surface area contributed by atoms with E-state index in [2.05, 4.69) is 4.74 Å². The van der Waals surface area contributed by atoms with E-state index in [-0.39, 0.29) is 11.1 Å². The van der Waals surface area contributed by atoms with Crippen LogP contribution in [0.25, 0.3) is 0 Å². The summed E-state index contributed by atoms with van der Waals surface area (Å²) in [6, 6.07) is 1.61. The molecule has 1 aromatic rings. The van der Waals surface area contributed by atoms with Crippen molar-refractivity contribution in [3.63, 3.8) is 0 Å². The molecule has 0 aromatic heterocycles. The van der Waals surface area contributed by atoms with Gasteiger partial charge in [0.25, 0.3) is 5.91 Å². The van der Waals surface area contributed by atoms with Crippen LogP contribution in [-0.4, -0.2) is 45.1 Å². The Labute approximate surface area is 119 Å². The maximum Gasteiger partial charge on any atom is 0.420 e. The minimum Gasteiger partial charge on any atom is -0.495 e. The zero-order valence-corrected chi connectivity index (χ0v) is 11.9. The predicted octanol–water partition coefficient (Wildman–Crippen LogP) is 2.20. The molecule has 0 saturated carbocycles. The normalized spacial score (nSPS) is 11.0. The molecule has 0 aliphatic carbocycles. The fourth-order valence-electron chi connectivity index (χ4n) is 1.69. The molecule has 5 nitrogen and oxygen atoms in total. The predicted molar refractivity (Wildman–Crippen MR) is 67.4 cm³/mol. The monoisotopic (exact) mass is 305 g/mol. The van der Waals surface area contributed by atoms with Gasteiger partial charge in [-0.1, -0.05) is 0 Å². The van der Waals surface area contributed by atoms with Crippen molar-refractivity contribution in [1.82, 2.24) is 4.90 Å².